The molecule has 0 unspecified atom stereocenters. The van der Waals surface area contributed by atoms with Gasteiger partial charge in [0.25, 0.3) is 11.8 Å². The van der Waals surface area contributed by atoms with Crippen molar-refractivity contribution in [1.82, 2.24) is 4.98 Å². The van der Waals surface area contributed by atoms with Crippen molar-refractivity contribution in [2.75, 3.05) is 23.9 Å². The number of anilines is 2. The molecule has 0 spiro atoms. The molecule has 0 bridgehead atoms. The van der Waals surface area contributed by atoms with Crippen LogP contribution in [0.2, 0.25) is 0 Å². The minimum absolute atomic E-state index is 0.0542. The fraction of sp³-hybridized carbons (Fsp3) is 0.211. The molecule has 0 saturated heterocycles. The van der Waals surface area contributed by atoms with Gasteiger partial charge in [-0.2, -0.15) is 0 Å². The summed E-state index contributed by atoms with van der Waals surface area (Å²) in [5.41, 5.74) is 2.43. The van der Waals surface area contributed by atoms with Gasteiger partial charge in [-0.3, -0.25) is 14.9 Å². The van der Waals surface area contributed by atoms with Gasteiger partial charge in [-0.05, 0) is 36.1 Å². The monoisotopic (exact) mass is 399 g/mol. The molecule has 2 amide bonds. The molecule has 8 heteroatoms. The van der Waals surface area contributed by atoms with Gasteiger partial charge < -0.3 is 9.64 Å². The Morgan fingerprint density at radius 3 is 2.96 bits per heavy atom. The fourth-order valence-corrected chi connectivity index (χ4v) is 4.39. The molecular formula is C19H17N3O3S2. The van der Waals surface area contributed by atoms with Crippen molar-refractivity contribution in [2.45, 2.75) is 13.3 Å². The third-order valence-electron chi connectivity index (χ3n) is 4.30. The first-order valence-corrected chi connectivity index (χ1v) is 10.1. The van der Waals surface area contributed by atoms with Crippen molar-refractivity contribution < 1.29 is 14.3 Å². The molecular weight excluding hydrogens is 382 g/mol. The Labute approximate surface area is 164 Å². The Morgan fingerprint density at radius 2 is 2.22 bits per heavy atom. The lowest BCUT2D eigenvalue weighted by Crippen LogP contribution is -2.35. The second-order valence-electron chi connectivity index (χ2n) is 6.00. The molecule has 0 fully saturated rings. The highest BCUT2D eigenvalue weighted by Gasteiger charge is 2.24. The SMILES string of the molecule is CCc1sc(NC(=O)c2cccs2)nc1-c1ccc2c(c1)N(C)C(=O)CO2. The average Bonchev–Trinajstić information content (AvgIpc) is 3.34. The van der Waals surface area contributed by atoms with Gasteiger partial charge >= 0.3 is 0 Å². The summed E-state index contributed by atoms with van der Waals surface area (Å²) in [5, 5.41) is 5.31. The number of rotatable bonds is 4. The van der Waals surface area contributed by atoms with E-state index in [9.17, 15) is 9.59 Å². The smallest absolute Gasteiger partial charge is 0.267 e. The van der Waals surface area contributed by atoms with Crippen molar-refractivity contribution >= 4 is 45.3 Å². The molecule has 138 valence electrons. The number of likely N-dealkylation sites (N-methyl/N-ethyl adjacent to an activating group) is 1. The number of aromatic nitrogens is 1. The zero-order valence-corrected chi connectivity index (χ0v) is 16.4. The number of benzene rings is 1. The first kappa shape index (κ1) is 17.7. The van der Waals surface area contributed by atoms with E-state index in [1.165, 1.54) is 22.7 Å². The van der Waals surface area contributed by atoms with Crippen molar-refractivity contribution in [3.05, 3.63) is 45.5 Å². The van der Waals surface area contributed by atoms with Crippen LogP contribution in [0.4, 0.5) is 10.8 Å². The summed E-state index contributed by atoms with van der Waals surface area (Å²) in [5.74, 6) is 0.440. The van der Waals surface area contributed by atoms with Crippen molar-refractivity contribution in [2.24, 2.45) is 0 Å². The van der Waals surface area contributed by atoms with Gasteiger partial charge in [0.2, 0.25) is 0 Å². The lowest BCUT2D eigenvalue weighted by atomic mass is 10.1. The third kappa shape index (κ3) is 3.33. The van der Waals surface area contributed by atoms with Gasteiger partial charge in [0.1, 0.15) is 5.75 Å². The van der Waals surface area contributed by atoms with Crippen molar-refractivity contribution in [1.29, 1.82) is 0 Å². The first-order chi connectivity index (χ1) is 13.1. The zero-order valence-electron chi connectivity index (χ0n) is 14.8. The topological polar surface area (TPSA) is 71.5 Å². The lowest BCUT2D eigenvalue weighted by Gasteiger charge is -2.26. The number of nitrogens with one attached hydrogen (secondary N) is 1. The number of fused-ring (bicyclic) bond motifs is 1. The van der Waals surface area contributed by atoms with Crippen LogP contribution >= 0.6 is 22.7 Å². The predicted molar refractivity (Wildman–Crippen MR) is 108 cm³/mol. The van der Waals surface area contributed by atoms with E-state index >= 15 is 0 Å². The van der Waals surface area contributed by atoms with E-state index in [1.807, 2.05) is 29.6 Å². The Balaban J connectivity index is 1.67. The number of nitrogens with zero attached hydrogens (tertiary/aromatic N) is 2. The molecule has 3 heterocycles. The number of hydrogen-bond acceptors (Lipinski definition) is 6. The number of thiophene rings is 1. The maximum atomic E-state index is 12.3. The van der Waals surface area contributed by atoms with Gasteiger partial charge in [0.15, 0.2) is 11.7 Å². The molecule has 0 radical (unpaired) electrons. The van der Waals surface area contributed by atoms with E-state index in [1.54, 1.807) is 18.0 Å². The highest BCUT2D eigenvalue weighted by molar-refractivity contribution is 7.16. The van der Waals surface area contributed by atoms with E-state index in [4.69, 9.17) is 4.74 Å². The average molecular weight is 399 g/mol. The maximum absolute atomic E-state index is 12.3. The van der Waals surface area contributed by atoms with Gasteiger partial charge in [-0.1, -0.05) is 13.0 Å². The molecule has 1 aliphatic rings. The molecule has 2 aromatic heterocycles. The summed E-state index contributed by atoms with van der Waals surface area (Å²) in [6, 6.07) is 9.33. The standard InChI is InChI=1S/C19H17N3O3S2/c1-3-14-17(20-19(27-14)21-18(24)15-5-4-8-26-15)11-6-7-13-12(9-11)22(2)16(23)10-25-13/h4-9H,3,10H2,1-2H3,(H,20,21,24). The quantitative estimate of drug-likeness (QED) is 0.719. The van der Waals surface area contributed by atoms with E-state index in [0.29, 0.717) is 15.8 Å². The minimum Gasteiger partial charge on any atom is -0.482 e. The molecule has 1 aromatic carbocycles. The first-order valence-electron chi connectivity index (χ1n) is 8.45. The van der Waals surface area contributed by atoms with Crippen molar-refractivity contribution in [3.8, 4) is 17.0 Å². The number of amides is 2. The predicted octanol–water partition coefficient (Wildman–Crippen LogP) is 4.04. The van der Waals surface area contributed by atoms with Crippen LogP contribution in [0.5, 0.6) is 5.75 Å². The van der Waals surface area contributed by atoms with Crippen LogP contribution in [0.1, 0.15) is 21.5 Å². The molecule has 6 nitrogen and oxygen atoms in total. The Bertz CT molecular complexity index is 1010. The Kier molecular flexibility index (Phi) is 4.67. The second kappa shape index (κ2) is 7.13. The molecule has 1 N–H and O–H groups in total. The highest BCUT2D eigenvalue weighted by Crippen LogP contribution is 2.38. The molecule has 1 aliphatic heterocycles. The molecule has 0 saturated carbocycles. The van der Waals surface area contributed by atoms with Gasteiger partial charge in [-0.15, -0.1) is 22.7 Å². The van der Waals surface area contributed by atoms with Crippen molar-refractivity contribution in [3.63, 3.8) is 0 Å². The molecule has 4 rings (SSSR count). The van der Waals surface area contributed by atoms with Crippen LogP contribution in [0.25, 0.3) is 11.3 Å². The van der Waals surface area contributed by atoms with Crippen LogP contribution in [0.3, 0.4) is 0 Å². The van der Waals surface area contributed by atoms with Crippen LogP contribution in [0, 0.1) is 0 Å². The molecule has 27 heavy (non-hydrogen) atoms. The second-order valence-corrected chi connectivity index (χ2v) is 8.03. The van der Waals surface area contributed by atoms with E-state index in [2.05, 4.69) is 17.2 Å². The third-order valence-corrected chi connectivity index (χ3v) is 6.29. The summed E-state index contributed by atoms with van der Waals surface area (Å²) in [6.45, 7) is 2.11. The summed E-state index contributed by atoms with van der Waals surface area (Å²) in [6.07, 6.45) is 0.796. The van der Waals surface area contributed by atoms with Gasteiger partial charge in [0, 0.05) is 17.5 Å². The number of hydrogen-bond donors (Lipinski definition) is 1. The lowest BCUT2D eigenvalue weighted by molar-refractivity contribution is -0.120. The fourth-order valence-electron chi connectivity index (χ4n) is 2.86. The van der Waals surface area contributed by atoms with Crippen LogP contribution in [-0.4, -0.2) is 30.5 Å². The Morgan fingerprint density at radius 1 is 1.37 bits per heavy atom. The van der Waals surface area contributed by atoms with Gasteiger partial charge in [0.05, 0.1) is 16.3 Å². The number of carbonyl (C=O) groups excluding carboxylic acids is 2. The minimum atomic E-state index is -0.155. The number of carbonyl (C=O) groups is 2. The van der Waals surface area contributed by atoms with E-state index < -0.39 is 0 Å². The molecule has 0 aliphatic carbocycles. The van der Waals surface area contributed by atoms with Crippen LogP contribution in [-0.2, 0) is 11.2 Å². The molecule has 3 aromatic rings. The summed E-state index contributed by atoms with van der Waals surface area (Å²) in [7, 11) is 1.74. The normalized spacial score (nSPS) is 13.3. The summed E-state index contributed by atoms with van der Waals surface area (Å²) >= 11 is 2.86. The van der Waals surface area contributed by atoms with E-state index in [0.717, 1.165) is 28.2 Å². The van der Waals surface area contributed by atoms with Crippen LogP contribution < -0.4 is 15.0 Å². The molecule has 0 atom stereocenters. The van der Waals surface area contributed by atoms with Crippen LogP contribution in [0.15, 0.2) is 35.7 Å². The van der Waals surface area contributed by atoms with E-state index in [-0.39, 0.29) is 18.4 Å². The number of aryl methyl sites for hydroxylation is 1. The largest absolute Gasteiger partial charge is 0.482 e. The zero-order chi connectivity index (χ0) is 19.0. The number of thiazole rings is 1. The number of ether oxygens (including phenoxy) is 1. The maximum Gasteiger partial charge on any atom is 0.267 e. The summed E-state index contributed by atoms with van der Waals surface area (Å²) < 4.78 is 5.49. The highest BCUT2D eigenvalue weighted by atomic mass is 32.1. The summed E-state index contributed by atoms with van der Waals surface area (Å²) in [4.78, 5) is 32.2. The van der Waals surface area contributed by atoms with Gasteiger partial charge in [-0.25, -0.2) is 4.98 Å². The Hall–Kier alpha value is -2.71.